The Labute approximate surface area is 88.1 Å². The molecule has 0 saturated heterocycles. The highest BCUT2D eigenvalue weighted by atomic mass is 16.5. The van der Waals surface area contributed by atoms with Crippen LogP contribution in [0.1, 0.15) is 11.3 Å². The van der Waals surface area contributed by atoms with Crippen LogP contribution in [-0.2, 0) is 6.54 Å². The quantitative estimate of drug-likeness (QED) is 0.801. The standard InChI is InChI=1S/C11H13N3O/c1-8-6-11(14-13-8)15-10-5-3-2-4-9(10)7-12/h2-6H,7,12H2,1H3,(H,13,14). The number of aromatic nitrogens is 2. The van der Waals surface area contributed by atoms with Crippen LogP contribution in [0.4, 0.5) is 0 Å². The first kappa shape index (κ1) is 9.73. The molecule has 1 heterocycles. The van der Waals surface area contributed by atoms with Gasteiger partial charge in [-0.1, -0.05) is 18.2 Å². The van der Waals surface area contributed by atoms with E-state index in [0.717, 1.165) is 17.0 Å². The molecule has 0 aliphatic carbocycles. The molecule has 4 heteroatoms. The zero-order valence-electron chi connectivity index (χ0n) is 8.53. The number of H-pyrrole nitrogens is 1. The summed E-state index contributed by atoms with van der Waals surface area (Å²) in [7, 11) is 0. The fourth-order valence-electron chi connectivity index (χ4n) is 1.33. The lowest BCUT2D eigenvalue weighted by Gasteiger charge is -2.06. The van der Waals surface area contributed by atoms with Crippen molar-refractivity contribution in [3.05, 3.63) is 41.6 Å². The first-order valence-corrected chi connectivity index (χ1v) is 4.77. The summed E-state index contributed by atoms with van der Waals surface area (Å²) in [5.41, 5.74) is 7.54. The monoisotopic (exact) mass is 203 g/mol. The Hall–Kier alpha value is -1.81. The first-order valence-electron chi connectivity index (χ1n) is 4.77. The number of aryl methyl sites for hydroxylation is 1. The Bertz CT molecular complexity index is 451. The molecule has 0 bridgehead atoms. The summed E-state index contributed by atoms with van der Waals surface area (Å²) in [6.45, 7) is 2.38. The third-order valence-corrected chi connectivity index (χ3v) is 2.09. The minimum atomic E-state index is 0.458. The summed E-state index contributed by atoms with van der Waals surface area (Å²) in [4.78, 5) is 0. The minimum Gasteiger partial charge on any atom is -0.437 e. The van der Waals surface area contributed by atoms with E-state index >= 15 is 0 Å². The van der Waals surface area contributed by atoms with Crippen LogP contribution in [0.25, 0.3) is 0 Å². The molecule has 4 nitrogen and oxygen atoms in total. The summed E-state index contributed by atoms with van der Waals surface area (Å²) < 4.78 is 5.60. The van der Waals surface area contributed by atoms with Crippen LogP contribution >= 0.6 is 0 Å². The number of hydrogen-bond donors (Lipinski definition) is 2. The smallest absolute Gasteiger partial charge is 0.238 e. The van der Waals surface area contributed by atoms with Crippen molar-refractivity contribution < 1.29 is 4.74 Å². The van der Waals surface area contributed by atoms with E-state index in [4.69, 9.17) is 10.5 Å². The van der Waals surface area contributed by atoms with Crippen molar-refractivity contribution in [1.82, 2.24) is 10.2 Å². The van der Waals surface area contributed by atoms with E-state index in [9.17, 15) is 0 Å². The molecule has 15 heavy (non-hydrogen) atoms. The molecule has 0 amide bonds. The maximum absolute atomic E-state index is 5.60. The molecule has 2 aromatic rings. The summed E-state index contributed by atoms with van der Waals surface area (Å²) in [6.07, 6.45) is 0. The highest BCUT2D eigenvalue weighted by Crippen LogP contribution is 2.23. The third-order valence-electron chi connectivity index (χ3n) is 2.09. The Kier molecular flexibility index (Phi) is 2.69. The lowest BCUT2D eigenvalue weighted by atomic mass is 10.2. The van der Waals surface area contributed by atoms with E-state index in [1.165, 1.54) is 0 Å². The molecule has 0 spiro atoms. The molecule has 3 N–H and O–H groups in total. The number of benzene rings is 1. The second-order valence-electron chi connectivity index (χ2n) is 3.30. The summed E-state index contributed by atoms with van der Waals surface area (Å²) in [5.74, 6) is 1.32. The number of nitrogens with one attached hydrogen (secondary N) is 1. The molecule has 0 aliphatic heterocycles. The van der Waals surface area contributed by atoms with Crippen LogP contribution < -0.4 is 10.5 Å². The molecule has 0 aliphatic rings. The second-order valence-corrected chi connectivity index (χ2v) is 3.30. The van der Waals surface area contributed by atoms with Gasteiger partial charge < -0.3 is 10.5 Å². The SMILES string of the molecule is Cc1cc(Oc2ccccc2CN)n[nH]1. The van der Waals surface area contributed by atoms with Crippen molar-refractivity contribution in [3.8, 4) is 11.6 Å². The summed E-state index contributed by atoms with van der Waals surface area (Å²) in [6, 6.07) is 9.51. The van der Waals surface area contributed by atoms with Crippen molar-refractivity contribution in [2.24, 2.45) is 5.73 Å². The van der Waals surface area contributed by atoms with Crippen LogP contribution in [0.15, 0.2) is 30.3 Å². The Morgan fingerprint density at radius 1 is 1.40 bits per heavy atom. The molecule has 0 atom stereocenters. The molecule has 78 valence electrons. The molecule has 2 rings (SSSR count). The van der Waals surface area contributed by atoms with Gasteiger partial charge >= 0.3 is 0 Å². The maximum Gasteiger partial charge on any atom is 0.238 e. The zero-order valence-corrected chi connectivity index (χ0v) is 8.53. The van der Waals surface area contributed by atoms with Gasteiger partial charge in [0.15, 0.2) is 0 Å². The van der Waals surface area contributed by atoms with E-state index in [2.05, 4.69) is 10.2 Å². The van der Waals surface area contributed by atoms with Gasteiger partial charge in [-0.15, -0.1) is 5.10 Å². The Morgan fingerprint density at radius 3 is 2.87 bits per heavy atom. The highest BCUT2D eigenvalue weighted by Gasteiger charge is 2.04. The second kappa shape index (κ2) is 4.14. The average molecular weight is 203 g/mol. The fraction of sp³-hybridized carbons (Fsp3) is 0.182. The van der Waals surface area contributed by atoms with Crippen molar-refractivity contribution in [3.63, 3.8) is 0 Å². The van der Waals surface area contributed by atoms with Gasteiger partial charge in [-0.2, -0.15) is 0 Å². The predicted octanol–water partition coefficient (Wildman–Crippen LogP) is 1.97. The topological polar surface area (TPSA) is 63.9 Å². The first-order chi connectivity index (χ1) is 7.29. The van der Waals surface area contributed by atoms with Crippen LogP contribution in [0, 0.1) is 6.92 Å². The van der Waals surface area contributed by atoms with Crippen LogP contribution in [0.3, 0.4) is 0 Å². The van der Waals surface area contributed by atoms with Gasteiger partial charge in [0.1, 0.15) is 5.75 Å². The number of para-hydroxylation sites is 1. The van der Waals surface area contributed by atoms with Gasteiger partial charge in [-0.05, 0) is 13.0 Å². The fourth-order valence-corrected chi connectivity index (χ4v) is 1.33. The van der Waals surface area contributed by atoms with E-state index < -0.39 is 0 Å². The Morgan fingerprint density at radius 2 is 2.20 bits per heavy atom. The molecule has 0 radical (unpaired) electrons. The number of hydrogen-bond acceptors (Lipinski definition) is 3. The highest BCUT2D eigenvalue weighted by molar-refractivity contribution is 5.35. The zero-order chi connectivity index (χ0) is 10.7. The van der Waals surface area contributed by atoms with Crippen LogP contribution in [0.5, 0.6) is 11.6 Å². The van der Waals surface area contributed by atoms with Crippen molar-refractivity contribution in [2.45, 2.75) is 13.5 Å². The molecule has 0 fully saturated rings. The normalized spacial score (nSPS) is 10.3. The van der Waals surface area contributed by atoms with Crippen LogP contribution in [0.2, 0.25) is 0 Å². The number of nitrogens with two attached hydrogens (primary N) is 1. The van der Waals surface area contributed by atoms with Gasteiger partial charge in [0.2, 0.25) is 5.88 Å². The van der Waals surface area contributed by atoms with Crippen molar-refractivity contribution in [1.29, 1.82) is 0 Å². The lowest BCUT2D eigenvalue weighted by molar-refractivity contribution is 0.456. The number of rotatable bonds is 3. The predicted molar refractivity (Wildman–Crippen MR) is 57.7 cm³/mol. The summed E-state index contributed by atoms with van der Waals surface area (Å²) in [5, 5.41) is 6.82. The van der Waals surface area contributed by atoms with Gasteiger partial charge in [-0.3, -0.25) is 5.10 Å². The third kappa shape index (κ3) is 2.16. The van der Waals surface area contributed by atoms with E-state index in [0.29, 0.717) is 12.4 Å². The van der Waals surface area contributed by atoms with Gasteiger partial charge in [0, 0.05) is 23.9 Å². The van der Waals surface area contributed by atoms with Crippen molar-refractivity contribution in [2.75, 3.05) is 0 Å². The number of nitrogens with zero attached hydrogens (tertiary/aromatic N) is 1. The van der Waals surface area contributed by atoms with E-state index in [-0.39, 0.29) is 0 Å². The molecular weight excluding hydrogens is 190 g/mol. The van der Waals surface area contributed by atoms with Crippen LogP contribution in [-0.4, -0.2) is 10.2 Å². The van der Waals surface area contributed by atoms with Gasteiger partial charge in [0.25, 0.3) is 0 Å². The number of aromatic amines is 1. The summed E-state index contributed by atoms with van der Waals surface area (Å²) >= 11 is 0. The maximum atomic E-state index is 5.60. The molecule has 0 saturated carbocycles. The molecule has 0 unspecified atom stereocenters. The van der Waals surface area contributed by atoms with E-state index in [1.807, 2.05) is 37.3 Å². The lowest BCUT2D eigenvalue weighted by Crippen LogP contribution is -1.99. The molecule has 1 aromatic heterocycles. The minimum absolute atomic E-state index is 0.458. The average Bonchev–Trinajstić information content (AvgIpc) is 2.65. The van der Waals surface area contributed by atoms with Crippen molar-refractivity contribution >= 4 is 0 Å². The number of ether oxygens (including phenoxy) is 1. The van der Waals surface area contributed by atoms with Gasteiger partial charge in [0.05, 0.1) is 0 Å². The molecular formula is C11H13N3O. The van der Waals surface area contributed by atoms with Gasteiger partial charge in [-0.25, -0.2) is 0 Å². The Balaban J connectivity index is 2.23. The molecule has 1 aromatic carbocycles. The van der Waals surface area contributed by atoms with E-state index in [1.54, 1.807) is 0 Å². The largest absolute Gasteiger partial charge is 0.437 e.